The number of nitrogens with one attached hydrogen (secondary N) is 1. The average molecular weight is 554 g/mol. The fourth-order valence-corrected chi connectivity index (χ4v) is 5.00. The largest absolute Gasteiger partial charge is 0.493 e. The number of ether oxygens (including phenoxy) is 2. The van der Waals surface area contributed by atoms with E-state index in [1.54, 1.807) is 14.2 Å². The van der Waals surface area contributed by atoms with E-state index in [9.17, 15) is 4.79 Å². The summed E-state index contributed by atoms with van der Waals surface area (Å²) in [6.45, 7) is 2.62. The predicted molar refractivity (Wildman–Crippen MR) is 160 cm³/mol. The molecular weight excluding hydrogens is 522 g/mol. The Balaban J connectivity index is 1.35. The van der Waals surface area contributed by atoms with Crippen LogP contribution in [0.4, 0.5) is 0 Å². The number of halogens is 1. The fraction of sp³-hybridized carbons (Fsp3) is 0.212. The third kappa shape index (κ3) is 6.13. The SMILES string of the molecule is COc1ccc(CCNC(=O)CCc2c(-c3ccc(Cl)cc3)nc3ccc(-c4cccc(C)c4)cn23)cc1OC. The zero-order chi connectivity index (χ0) is 28.1. The molecule has 0 saturated carbocycles. The molecule has 204 valence electrons. The molecule has 1 N–H and O–H groups in total. The van der Waals surface area contributed by atoms with Crippen molar-refractivity contribution in [3.8, 4) is 33.9 Å². The summed E-state index contributed by atoms with van der Waals surface area (Å²) in [6.07, 6.45) is 3.69. The van der Waals surface area contributed by atoms with Crippen LogP contribution in [0.3, 0.4) is 0 Å². The fourth-order valence-electron chi connectivity index (χ4n) is 4.87. The first-order chi connectivity index (χ1) is 19.4. The van der Waals surface area contributed by atoms with Gasteiger partial charge >= 0.3 is 0 Å². The molecule has 3 aromatic carbocycles. The molecule has 5 aromatic rings. The van der Waals surface area contributed by atoms with Crippen molar-refractivity contribution < 1.29 is 14.3 Å². The van der Waals surface area contributed by atoms with Gasteiger partial charge in [-0.1, -0.05) is 59.6 Å². The van der Waals surface area contributed by atoms with Crippen LogP contribution in [-0.2, 0) is 17.6 Å². The van der Waals surface area contributed by atoms with E-state index in [1.165, 1.54) is 5.56 Å². The molecule has 0 saturated heterocycles. The molecule has 0 spiro atoms. The van der Waals surface area contributed by atoms with Gasteiger partial charge < -0.3 is 19.2 Å². The summed E-state index contributed by atoms with van der Waals surface area (Å²) in [7, 11) is 3.23. The number of amides is 1. The van der Waals surface area contributed by atoms with Crippen LogP contribution in [0.15, 0.2) is 85.1 Å². The number of carbonyl (C=O) groups is 1. The maximum absolute atomic E-state index is 12.9. The number of hydrogen-bond donors (Lipinski definition) is 1. The summed E-state index contributed by atoms with van der Waals surface area (Å²) in [5, 5.41) is 3.73. The summed E-state index contributed by atoms with van der Waals surface area (Å²) in [6, 6.07) is 26.0. The van der Waals surface area contributed by atoms with Gasteiger partial charge in [-0.05, 0) is 72.9 Å². The highest BCUT2D eigenvalue weighted by Gasteiger charge is 2.16. The quantitative estimate of drug-likeness (QED) is 0.203. The van der Waals surface area contributed by atoms with Crippen LogP contribution >= 0.6 is 11.6 Å². The lowest BCUT2D eigenvalue weighted by atomic mass is 10.0. The smallest absolute Gasteiger partial charge is 0.220 e. The van der Waals surface area contributed by atoms with Crippen molar-refractivity contribution >= 4 is 23.2 Å². The zero-order valence-corrected chi connectivity index (χ0v) is 23.7. The molecule has 0 aliphatic rings. The third-order valence-electron chi connectivity index (χ3n) is 6.96. The van der Waals surface area contributed by atoms with E-state index in [4.69, 9.17) is 26.1 Å². The molecule has 7 heteroatoms. The second-order valence-electron chi connectivity index (χ2n) is 9.72. The molecule has 6 nitrogen and oxygen atoms in total. The number of imidazole rings is 1. The van der Waals surface area contributed by atoms with Crippen LogP contribution < -0.4 is 14.8 Å². The molecule has 0 aliphatic heterocycles. The van der Waals surface area contributed by atoms with Gasteiger partial charge in [0, 0.05) is 29.7 Å². The Labute approximate surface area is 239 Å². The van der Waals surface area contributed by atoms with E-state index in [2.05, 4.69) is 53.2 Å². The summed E-state index contributed by atoms with van der Waals surface area (Å²) in [5.41, 5.74) is 8.15. The number of aromatic nitrogens is 2. The van der Waals surface area contributed by atoms with Gasteiger partial charge in [0.1, 0.15) is 5.65 Å². The Morgan fingerprint density at radius 1 is 0.875 bits per heavy atom. The minimum absolute atomic E-state index is 0.00711. The third-order valence-corrected chi connectivity index (χ3v) is 7.21. The normalized spacial score (nSPS) is 11.0. The van der Waals surface area contributed by atoms with Gasteiger partial charge in [-0.3, -0.25) is 4.79 Å². The molecule has 0 fully saturated rings. The van der Waals surface area contributed by atoms with E-state index < -0.39 is 0 Å². The number of hydrogen-bond acceptors (Lipinski definition) is 4. The van der Waals surface area contributed by atoms with Crippen molar-refractivity contribution in [2.24, 2.45) is 0 Å². The number of fused-ring (bicyclic) bond motifs is 1. The number of rotatable bonds is 10. The number of pyridine rings is 1. The standard InChI is InChI=1S/C33H32ClN3O3/c1-22-5-4-6-25(19-22)26-10-15-31-36-33(24-8-11-27(34)12-9-24)28(37(31)21-26)13-16-32(38)35-18-17-23-7-14-29(39-2)30(20-23)40-3/h4-12,14-15,19-21H,13,16-18H2,1-3H3,(H,35,38). The Morgan fingerprint density at radius 3 is 2.40 bits per heavy atom. The number of aryl methyl sites for hydroxylation is 2. The predicted octanol–water partition coefficient (Wildman–Crippen LogP) is 6.94. The van der Waals surface area contributed by atoms with Gasteiger partial charge in [0.15, 0.2) is 11.5 Å². The molecule has 0 unspecified atom stereocenters. The van der Waals surface area contributed by atoms with Crippen LogP contribution in [-0.4, -0.2) is 36.1 Å². The van der Waals surface area contributed by atoms with Gasteiger partial charge in [-0.15, -0.1) is 0 Å². The summed E-state index contributed by atoms with van der Waals surface area (Å²) >= 11 is 6.15. The van der Waals surface area contributed by atoms with Crippen molar-refractivity contribution in [1.82, 2.24) is 14.7 Å². The molecule has 40 heavy (non-hydrogen) atoms. The number of nitrogens with zero attached hydrogens (tertiary/aromatic N) is 2. The Bertz CT molecular complexity index is 1640. The van der Waals surface area contributed by atoms with Gasteiger partial charge in [0.2, 0.25) is 5.91 Å². The lowest BCUT2D eigenvalue weighted by Crippen LogP contribution is -2.26. The second-order valence-corrected chi connectivity index (χ2v) is 10.2. The lowest BCUT2D eigenvalue weighted by Gasteiger charge is -2.11. The molecule has 0 bridgehead atoms. The Morgan fingerprint density at radius 2 is 1.65 bits per heavy atom. The van der Waals surface area contributed by atoms with Crippen molar-refractivity contribution in [1.29, 1.82) is 0 Å². The number of methoxy groups -OCH3 is 2. The first-order valence-electron chi connectivity index (χ1n) is 13.3. The minimum Gasteiger partial charge on any atom is -0.493 e. The average Bonchev–Trinajstić information content (AvgIpc) is 3.34. The van der Waals surface area contributed by atoms with Crippen molar-refractivity contribution in [2.75, 3.05) is 20.8 Å². The number of benzene rings is 3. The molecular formula is C33H32ClN3O3. The van der Waals surface area contributed by atoms with E-state index in [1.807, 2.05) is 48.5 Å². The summed E-state index contributed by atoms with van der Waals surface area (Å²) in [5.74, 6) is 1.36. The topological polar surface area (TPSA) is 64.9 Å². The highest BCUT2D eigenvalue weighted by Crippen LogP contribution is 2.30. The molecule has 0 atom stereocenters. The maximum atomic E-state index is 12.9. The monoisotopic (exact) mass is 553 g/mol. The summed E-state index contributed by atoms with van der Waals surface area (Å²) in [4.78, 5) is 17.8. The van der Waals surface area contributed by atoms with E-state index >= 15 is 0 Å². The van der Waals surface area contributed by atoms with Crippen LogP contribution in [0, 0.1) is 6.92 Å². The Hall–Kier alpha value is -4.29. The van der Waals surface area contributed by atoms with Crippen LogP contribution in [0.5, 0.6) is 11.5 Å². The second kappa shape index (κ2) is 12.3. The van der Waals surface area contributed by atoms with Crippen molar-refractivity contribution in [2.45, 2.75) is 26.2 Å². The minimum atomic E-state index is -0.00711. The molecule has 5 rings (SSSR count). The molecule has 0 aliphatic carbocycles. The molecule has 0 radical (unpaired) electrons. The zero-order valence-electron chi connectivity index (χ0n) is 22.9. The van der Waals surface area contributed by atoms with E-state index in [0.29, 0.717) is 42.3 Å². The summed E-state index contributed by atoms with van der Waals surface area (Å²) < 4.78 is 12.8. The number of carbonyl (C=O) groups excluding carboxylic acids is 1. The van der Waals surface area contributed by atoms with Gasteiger partial charge in [-0.25, -0.2) is 4.98 Å². The highest BCUT2D eigenvalue weighted by molar-refractivity contribution is 6.30. The molecule has 1 amide bonds. The first-order valence-corrected chi connectivity index (χ1v) is 13.6. The van der Waals surface area contributed by atoms with Crippen molar-refractivity contribution in [3.63, 3.8) is 0 Å². The van der Waals surface area contributed by atoms with Gasteiger partial charge in [0.25, 0.3) is 0 Å². The molecule has 2 heterocycles. The highest BCUT2D eigenvalue weighted by atomic mass is 35.5. The Kier molecular flexibility index (Phi) is 8.37. The van der Waals surface area contributed by atoms with Crippen LogP contribution in [0.25, 0.3) is 28.0 Å². The van der Waals surface area contributed by atoms with Crippen LogP contribution in [0.1, 0.15) is 23.2 Å². The van der Waals surface area contributed by atoms with Gasteiger partial charge in [-0.2, -0.15) is 0 Å². The van der Waals surface area contributed by atoms with Gasteiger partial charge in [0.05, 0.1) is 25.6 Å². The van der Waals surface area contributed by atoms with Crippen molar-refractivity contribution in [3.05, 3.63) is 107 Å². The van der Waals surface area contributed by atoms with Crippen LogP contribution in [0.2, 0.25) is 5.02 Å². The molecule has 2 aromatic heterocycles. The lowest BCUT2D eigenvalue weighted by molar-refractivity contribution is -0.121. The van der Waals surface area contributed by atoms with E-state index in [-0.39, 0.29) is 5.91 Å². The van der Waals surface area contributed by atoms with E-state index in [0.717, 1.165) is 39.3 Å². The maximum Gasteiger partial charge on any atom is 0.220 e. The first kappa shape index (κ1) is 27.3.